The van der Waals surface area contributed by atoms with Crippen molar-refractivity contribution in [2.24, 2.45) is 0 Å². The minimum absolute atomic E-state index is 0.0807. The zero-order valence-corrected chi connectivity index (χ0v) is 7.82. The number of hydrogen-bond acceptors (Lipinski definition) is 6. The van der Waals surface area contributed by atoms with Crippen LogP contribution in [0.2, 0.25) is 0 Å². The summed E-state index contributed by atoms with van der Waals surface area (Å²) < 4.78 is 14.1. The van der Waals surface area contributed by atoms with Gasteiger partial charge in [0, 0.05) is 0 Å². The van der Waals surface area contributed by atoms with Crippen LogP contribution in [0.5, 0.6) is 0 Å². The maximum atomic E-state index is 10.3. The highest BCUT2D eigenvalue weighted by Crippen LogP contribution is 2.37. The van der Waals surface area contributed by atoms with E-state index in [9.17, 15) is 9.36 Å². The minimum atomic E-state index is -4.93. The third-order valence-corrected chi connectivity index (χ3v) is 1.83. The number of rotatable bonds is 6. The van der Waals surface area contributed by atoms with Crippen LogP contribution in [-0.4, -0.2) is 56.3 Å². The summed E-state index contributed by atoms with van der Waals surface area (Å²) in [7, 11) is -4.93. The highest BCUT2D eigenvalue weighted by atomic mass is 31.2. The van der Waals surface area contributed by atoms with Crippen LogP contribution in [0, 0.1) is 0 Å². The van der Waals surface area contributed by atoms with Gasteiger partial charge in [-0.1, -0.05) is 0 Å². The van der Waals surface area contributed by atoms with E-state index in [1.807, 2.05) is 0 Å². The Kier molecular flexibility index (Phi) is 5.38. The van der Waals surface area contributed by atoms with Crippen molar-refractivity contribution in [3.05, 3.63) is 0 Å². The van der Waals surface area contributed by atoms with Gasteiger partial charge in [-0.15, -0.1) is 0 Å². The molecule has 8 nitrogen and oxygen atoms in total. The molecule has 0 aromatic rings. The average Bonchev–Trinajstić information content (AvgIpc) is 2.10. The molecule has 0 aromatic heterocycles. The molecule has 0 radical (unpaired) electrons. The quantitative estimate of drug-likeness (QED) is 0.246. The van der Waals surface area contributed by atoms with Gasteiger partial charge in [-0.3, -0.25) is 4.52 Å². The Bertz CT molecular complexity index is 224. The van der Waals surface area contributed by atoms with Crippen molar-refractivity contribution in [2.45, 2.75) is 18.3 Å². The molecule has 0 fully saturated rings. The lowest BCUT2D eigenvalue weighted by Gasteiger charge is -2.21. The molecule has 0 bridgehead atoms. The number of hydrogen-bond donors (Lipinski definition) is 5. The minimum Gasteiger partial charge on any atom is -0.394 e. The Morgan fingerprint density at radius 1 is 1.36 bits per heavy atom. The number of phosphoric ester groups is 1. The summed E-state index contributed by atoms with van der Waals surface area (Å²) in [6, 6.07) is 0. The highest BCUT2D eigenvalue weighted by molar-refractivity contribution is 7.46. The smallest absolute Gasteiger partial charge is 0.394 e. The molecule has 0 aliphatic carbocycles. The van der Waals surface area contributed by atoms with Gasteiger partial charge in [0.25, 0.3) is 0 Å². The number of aliphatic hydroxyl groups is 3. The van der Waals surface area contributed by atoms with E-state index < -0.39 is 32.7 Å². The van der Waals surface area contributed by atoms with Crippen molar-refractivity contribution in [3.8, 4) is 0 Å². The molecular formula is C5H11O8P. The number of aliphatic hydroxyl groups excluding tert-OH is 3. The molecule has 3 atom stereocenters. The van der Waals surface area contributed by atoms with Crippen LogP contribution in [0.1, 0.15) is 0 Å². The van der Waals surface area contributed by atoms with Crippen molar-refractivity contribution in [2.75, 3.05) is 6.61 Å². The number of carbonyl (C=O) groups excluding carboxylic acids is 1. The Morgan fingerprint density at radius 3 is 2.14 bits per heavy atom. The normalized spacial score (nSPS) is 18.6. The van der Waals surface area contributed by atoms with Gasteiger partial charge in [-0.25, -0.2) is 4.57 Å². The lowest BCUT2D eigenvalue weighted by atomic mass is 10.1. The number of phosphoric acid groups is 1. The third kappa shape index (κ3) is 4.77. The van der Waals surface area contributed by atoms with Gasteiger partial charge >= 0.3 is 7.82 Å². The first-order valence-electron chi connectivity index (χ1n) is 3.48. The fraction of sp³-hybridized carbons (Fsp3) is 0.800. The molecule has 0 heterocycles. The predicted octanol–water partition coefficient (Wildman–Crippen LogP) is -2.62. The van der Waals surface area contributed by atoms with E-state index in [0.29, 0.717) is 0 Å². The maximum absolute atomic E-state index is 10.3. The molecule has 9 heteroatoms. The zero-order valence-electron chi connectivity index (χ0n) is 6.92. The van der Waals surface area contributed by atoms with Crippen molar-refractivity contribution < 1.29 is 39.0 Å². The Balaban J connectivity index is 4.41. The molecule has 0 aliphatic heterocycles. The van der Waals surface area contributed by atoms with Crippen LogP contribution < -0.4 is 0 Å². The van der Waals surface area contributed by atoms with Crippen molar-refractivity contribution >= 4 is 14.1 Å². The standard InChI is InChI=1S/C5H11O8P/c6-1-3(8)5(9)4(2-7)13-14(10,11)12/h2-6,8-9H,1H2,(H2,10,11,12)/t3-,4-,5+/m1/s1. The summed E-state index contributed by atoms with van der Waals surface area (Å²) in [6.45, 7) is -0.865. The summed E-state index contributed by atoms with van der Waals surface area (Å²) in [5.74, 6) is 0. The lowest BCUT2D eigenvalue weighted by Crippen LogP contribution is -2.41. The second kappa shape index (κ2) is 5.52. The lowest BCUT2D eigenvalue weighted by molar-refractivity contribution is -0.126. The van der Waals surface area contributed by atoms with Crippen LogP contribution in [0.25, 0.3) is 0 Å². The van der Waals surface area contributed by atoms with Crippen LogP contribution in [0.4, 0.5) is 0 Å². The number of aldehydes is 1. The SMILES string of the molecule is O=C[C@@H](OP(=O)(O)O)[C@@H](O)[C@H](O)CO. The van der Waals surface area contributed by atoms with E-state index in [2.05, 4.69) is 4.52 Å². The fourth-order valence-corrected chi connectivity index (χ4v) is 1.14. The van der Waals surface area contributed by atoms with Gasteiger partial charge in [0.05, 0.1) is 6.61 Å². The highest BCUT2D eigenvalue weighted by Gasteiger charge is 2.32. The number of carbonyl (C=O) groups is 1. The molecule has 0 aliphatic rings. The summed E-state index contributed by atoms with van der Waals surface area (Å²) in [6.07, 6.45) is -5.58. The molecule has 0 amide bonds. The molecule has 0 saturated heterocycles. The molecule has 5 N–H and O–H groups in total. The van der Waals surface area contributed by atoms with Crippen LogP contribution in [0.15, 0.2) is 0 Å². The molecule has 0 unspecified atom stereocenters. The fourth-order valence-electron chi connectivity index (χ4n) is 0.653. The Morgan fingerprint density at radius 2 is 1.86 bits per heavy atom. The van der Waals surface area contributed by atoms with Crippen LogP contribution in [-0.2, 0) is 13.9 Å². The molecule has 0 rings (SSSR count). The molecular weight excluding hydrogens is 219 g/mol. The molecule has 0 aromatic carbocycles. The van der Waals surface area contributed by atoms with Gasteiger partial charge in [0.15, 0.2) is 12.4 Å². The van der Waals surface area contributed by atoms with E-state index in [0.717, 1.165) is 0 Å². The summed E-state index contributed by atoms with van der Waals surface area (Å²) in [4.78, 5) is 26.8. The van der Waals surface area contributed by atoms with Gasteiger partial charge in [0.1, 0.15) is 12.2 Å². The molecule has 14 heavy (non-hydrogen) atoms. The van der Waals surface area contributed by atoms with Gasteiger partial charge < -0.3 is 29.9 Å². The molecule has 0 saturated carbocycles. The molecule has 84 valence electrons. The Hall–Kier alpha value is -0.340. The monoisotopic (exact) mass is 230 g/mol. The van der Waals surface area contributed by atoms with E-state index in [4.69, 9.17) is 25.1 Å². The van der Waals surface area contributed by atoms with Gasteiger partial charge in [-0.05, 0) is 0 Å². The largest absolute Gasteiger partial charge is 0.470 e. The summed E-state index contributed by atoms with van der Waals surface area (Å²) >= 11 is 0. The second-order valence-corrected chi connectivity index (χ2v) is 3.63. The van der Waals surface area contributed by atoms with Crippen LogP contribution >= 0.6 is 7.82 Å². The summed E-state index contributed by atoms with van der Waals surface area (Å²) in [5.41, 5.74) is 0. The maximum Gasteiger partial charge on any atom is 0.470 e. The van der Waals surface area contributed by atoms with Crippen LogP contribution in [0.3, 0.4) is 0 Å². The second-order valence-electron chi connectivity index (χ2n) is 2.44. The van der Waals surface area contributed by atoms with Crippen molar-refractivity contribution in [1.82, 2.24) is 0 Å². The first-order valence-corrected chi connectivity index (χ1v) is 5.01. The first kappa shape index (κ1) is 13.7. The van der Waals surface area contributed by atoms with E-state index in [-0.39, 0.29) is 6.29 Å². The van der Waals surface area contributed by atoms with Gasteiger partial charge in [-0.2, -0.15) is 0 Å². The predicted molar refractivity (Wildman–Crippen MR) is 42.1 cm³/mol. The van der Waals surface area contributed by atoms with E-state index in [1.54, 1.807) is 0 Å². The molecule has 0 spiro atoms. The Labute approximate surface area is 79.0 Å². The first-order chi connectivity index (χ1) is 6.31. The third-order valence-electron chi connectivity index (χ3n) is 1.31. The van der Waals surface area contributed by atoms with Gasteiger partial charge in [0.2, 0.25) is 0 Å². The topological polar surface area (TPSA) is 145 Å². The zero-order chi connectivity index (χ0) is 11.4. The van der Waals surface area contributed by atoms with Crippen molar-refractivity contribution in [1.29, 1.82) is 0 Å². The summed E-state index contributed by atoms with van der Waals surface area (Å²) in [5, 5.41) is 26.2. The van der Waals surface area contributed by atoms with Crippen molar-refractivity contribution in [3.63, 3.8) is 0 Å². The average molecular weight is 230 g/mol. The van der Waals surface area contributed by atoms with E-state index >= 15 is 0 Å². The van der Waals surface area contributed by atoms with E-state index in [1.165, 1.54) is 0 Å².